The van der Waals surface area contributed by atoms with Gasteiger partial charge in [-0.1, -0.05) is 22.5 Å². The van der Waals surface area contributed by atoms with Gasteiger partial charge in [-0.2, -0.15) is 0 Å². The van der Waals surface area contributed by atoms with Gasteiger partial charge in [0, 0.05) is 17.6 Å². The summed E-state index contributed by atoms with van der Waals surface area (Å²) in [7, 11) is 0. The zero-order valence-corrected chi connectivity index (χ0v) is 10.8. The van der Waals surface area contributed by atoms with Gasteiger partial charge in [0.2, 0.25) is 5.91 Å². The molecule has 2 N–H and O–H groups in total. The average Bonchev–Trinajstić information content (AvgIpc) is 2.39. The van der Waals surface area contributed by atoms with Crippen LogP contribution in [0.1, 0.15) is 13.3 Å². The summed E-state index contributed by atoms with van der Waals surface area (Å²) in [4.78, 5) is 24.8. The number of urea groups is 1. The molecule has 90 valence electrons. The summed E-state index contributed by atoms with van der Waals surface area (Å²) in [5.41, 5.74) is 0. The lowest BCUT2D eigenvalue weighted by Gasteiger charge is -2.25. The van der Waals surface area contributed by atoms with Crippen molar-refractivity contribution in [2.24, 2.45) is 0 Å². The Bertz CT molecular complexity index is 306. The molecule has 1 atom stereocenters. The normalized spacial score (nSPS) is 21.0. The van der Waals surface area contributed by atoms with Crippen molar-refractivity contribution in [1.29, 1.82) is 0 Å². The van der Waals surface area contributed by atoms with Crippen LogP contribution < -0.4 is 10.6 Å². The molecule has 1 saturated heterocycles. The van der Waals surface area contributed by atoms with Gasteiger partial charge >= 0.3 is 6.03 Å². The number of hydrogen-bond acceptors (Lipinski definition) is 2. The van der Waals surface area contributed by atoms with Crippen molar-refractivity contribution in [3.8, 4) is 0 Å². The minimum absolute atomic E-state index is 0.106. The first kappa shape index (κ1) is 13.0. The van der Waals surface area contributed by atoms with Gasteiger partial charge in [-0.25, -0.2) is 4.79 Å². The fraction of sp³-hybridized carbons (Fsp3) is 0.600. The summed E-state index contributed by atoms with van der Waals surface area (Å²) in [6.45, 7) is 6.93. The Labute approximate surface area is 103 Å². The van der Waals surface area contributed by atoms with Gasteiger partial charge in [0.15, 0.2) is 0 Å². The van der Waals surface area contributed by atoms with E-state index in [0.717, 1.165) is 6.42 Å². The van der Waals surface area contributed by atoms with Gasteiger partial charge in [0.1, 0.15) is 6.04 Å². The molecule has 0 saturated carbocycles. The number of carbonyl (C=O) groups is 2. The van der Waals surface area contributed by atoms with E-state index in [1.54, 1.807) is 6.92 Å². The Morgan fingerprint density at radius 3 is 3.06 bits per heavy atom. The second-order valence-corrected chi connectivity index (χ2v) is 4.81. The lowest BCUT2D eigenvalue weighted by Crippen LogP contribution is -2.49. The third kappa shape index (κ3) is 3.52. The number of nitrogens with one attached hydrogen (secondary N) is 2. The molecule has 1 heterocycles. The molecule has 1 aliphatic rings. The molecule has 6 heteroatoms. The average molecular weight is 290 g/mol. The topological polar surface area (TPSA) is 61.4 Å². The molecular weight excluding hydrogens is 274 g/mol. The van der Waals surface area contributed by atoms with Crippen LogP contribution >= 0.6 is 15.9 Å². The molecule has 1 fully saturated rings. The summed E-state index contributed by atoms with van der Waals surface area (Å²) in [6, 6.07) is -0.656. The van der Waals surface area contributed by atoms with Gasteiger partial charge in [0.25, 0.3) is 0 Å². The van der Waals surface area contributed by atoms with E-state index in [1.807, 2.05) is 0 Å². The summed E-state index contributed by atoms with van der Waals surface area (Å²) < 4.78 is 0.702. The molecule has 0 aromatic heterocycles. The van der Waals surface area contributed by atoms with E-state index in [0.29, 0.717) is 24.1 Å². The Morgan fingerprint density at radius 1 is 1.75 bits per heavy atom. The van der Waals surface area contributed by atoms with E-state index in [4.69, 9.17) is 0 Å². The molecule has 0 aromatic carbocycles. The molecule has 0 aromatic rings. The van der Waals surface area contributed by atoms with Crippen LogP contribution in [0, 0.1) is 0 Å². The standard InChI is InChI=1S/C10H16BrN3O2/c1-7(11)6-13-10(16)14-5-3-4-12-9(15)8(14)2/h8H,1,3-6H2,2H3,(H,12,15)(H,13,16)/t8-/m0/s1. The monoisotopic (exact) mass is 289 g/mol. The predicted octanol–water partition coefficient (Wildman–Crippen LogP) is 0.815. The molecule has 1 aliphatic heterocycles. The Morgan fingerprint density at radius 2 is 2.44 bits per heavy atom. The van der Waals surface area contributed by atoms with Crippen molar-refractivity contribution in [3.05, 3.63) is 11.1 Å². The molecule has 0 radical (unpaired) electrons. The number of hydrogen-bond donors (Lipinski definition) is 2. The van der Waals surface area contributed by atoms with Crippen molar-refractivity contribution in [3.63, 3.8) is 0 Å². The van der Waals surface area contributed by atoms with Crippen LogP contribution in [0.4, 0.5) is 4.79 Å². The van der Waals surface area contributed by atoms with Crippen LogP contribution in [0.15, 0.2) is 11.1 Å². The summed E-state index contributed by atoms with van der Waals surface area (Å²) in [5, 5.41) is 5.45. The van der Waals surface area contributed by atoms with Gasteiger partial charge in [0.05, 0.1) is 6.54 Å². The third-order valence-electron chi connectivity index (χ3n) is 2.41. The minimum atomic E-state index is -0.425. The van der Waals surface area contributed by atoms with Crippen LogP contribution in [0.3, 0.4) is 0 Å². The maximum absolute atomic E-state index is 11.8. The highest BCUT2D eigenvalue weighted by Crippen LogP contribution is 2.06. The second kappa shape index (κ2) is 5.89. The van der Waals surface area contributed by atoms with Crippen LogP contribution in [-0.2, 0) is 4.79 Å². The van der Waals surface area contributed by atoms with Gasteiger partial charge in [-0.15, -0.1) is 0 Å². The van der Waals surface area contributed by atoms with E-state index in [2.05, 4.69) is 33.1 Å². The van der Waals surface area contributed by atoms with Crippen molar-refractivity contribution in [2.45, 2.75) is 19.4 Å². The van der Waals surface area contributed by atoms with Crippen LogP contribution in [0.2, 0.25) is 0 Å². The number of carbonyl (C=O) groups excluding carboxylic acids is 2. The molecule has 0 spiro atoms. The third-order valence-corrected chi connectivity index (χ3v) is 2.69. The summed E-state index contributed by atoms with van der Waals surface area (Å²) in [6.07, 6.45) is 0.777. The highest BCUT2D eigenvalue weighted by molar-refractivity contribution is 9.11. The minimum Gasteiger partial charge on any atom is -0.354 e. The number of halogens is 1. The Kier molecular flexibility index (Phi) is 4.79. The fourth-order valence-electron chi connectivity index (χ4n) is 1.49. The summed E-state index contributed by atoms with van der Waals surface area (Å²) in [5.74, 6) is -0.106. The lowest BCUT2D eigenvalue weighted by atomic mass is 10.3. The van der Waals surface area contributed by atoms with Gasteiger partial charge in [-0.05, 0) is 13.3 Å². The van der Waals surface area contributed by atoms with Crippen molar-refractivity contribution in [2.75, 3.05) is 19.6 Å². The zero-order valence-electron chi connectivity index (χ0n) is 9.25. The smallest absolute Gasteiger partial charge is 0.318 e. The SMILES string of the molecule is C=C(Br)CNC(=O)N1CCCNC(=O)[C@@H]1C. The first-order valence-electron chi connectivity index (χ1n) is 5.18. The van der Waals surface area contributed by atoms with Crippen LogP contribution in [0.25, 0.3) is 0 Å². The van der Waals surface area contributed by atoms with Gasteiger partial charge < -0.3 is 15.5 Å². The molecule has 0 unspecified atom stereocenters. The second-order valence-electron chi connectivity index (χ2n) is 3.69. The highest BCUT2D eigenvalue weighted by atomic mass is 79.9. The first-order valence-corrected chi connectivity index (χ1v) is 5.97. The molecule has 5 nitrogen and oxygen atoms in total. The summed E-state index contributed by atoms with van der Waals surface area (Å²) >= 11 is 3.16. The number of rotatable bonds is 2. The Hall–Kier alpha value is -1.04. The first-order chi connectivity index (χ1) is 7.52. The van der Waals surface area contributed by atoms with Crippen molar-refractivity contribution in [1.82, 2.24) is 15.5 Å². The largest absolute Gasteiger partial charge is 0.354 e. The molecule has 1 rings (SSSR count). The zero-order chi connectivity index (χ0) is 12.1. The van der Waals surface area contributed by atoms with E-state index in [-0.39, 0.29) is 11.9 Å². The highest BCUT2D eigenvalue weighted by Gasteiger charge is 2.27. The van der Waals surface area contributed by atoms with E-state index in [9.17, 15) is 9.59 Å². The van der Waals surface area contributed by atoms with E-state index >= 15 is 0 Å². The van der Waals surface area contributed by atoms with E-state index in [1.165, 1.54) is 4.90 Å². The Balaban J connectivity index is 2.58. The molecule has 0 aliphatic carbocycles. The van der Waals surface area contributed by atoms with Crippen LogP contribution in [0.5, 0.6) is 0 Å². The number of amides is 3. The van der Waals surface area contributed by atoms with Crippen molar-refractivity contribution < 1.29 is 9.59 Å². The fourth-order valence-corrected chi connectivity index (χ4v) is 1.63. The van der Waals surface area contributed by atoms with Crippen LogP contribution in [-0.4, -0.2) is 42.5 Å². The van der Waals surface area contributed by atoms with E-state index < -0.39 is 6.04 Å². The van der Waals surface area contributed by atoms with Gasteiger partial charge in [-0.3, -0.25) is 4.79 Å². The van der Waals surface area contributed by atoms with Crippen molar-refractivity contribution >= 4 is 27.9 Å². The molecule has 0 bridgehead atoms. The number of nitrogens with zero attached hydrogens (tertiary/aromatic N) is 1. The molecule has 16 heavy (non-hydrogen) atoms. The lowest BCUT2D eigenvalue weighted by molar-refractivity contribution is -0.124. The quantitative estimate of drug-likeness (QED) is 0.791. The molecular formula is C10H16BrN3O2. The maximum Gasteiger partial charge on any atom is 0.318 e. The maximum atomic E-state index is 11.8. The molecule has 3 amide bonds. The predicted molar refractivity (Wildman–Crippen MR) is 65.3 cm³/mol.